The summed E-state index contributed by atoms with van der Waals surface area (Å²) in [6.07, 6.45) is 3.42. The Bertz CT molecular complexity index is 292. The van der Waals surface area contributed by atoms with Crippen LogP contribution in [0, 0.1) is 5.92 Å². The van der Waals surface area contributed by atoms with Crippen molar-refractivity contribution >= 4 is 11.6 Å². The highest BCUT2D eigenvalue weighted by Gasteiger charge is 1.95. The van der Waals surface area contributed by atoms with Crippen molar-refractivity contribution in [1.29, 1.82) is 0 Å². The van der Waals surface area contributed by atoms with Crippen LogP contribution in [0.5, 0.6) is 0 Å². The molecule has 0 aliphatic heterocycles. The SMILES string of the molecule is CC(C)CN=C(N)Nc1cccnc1. The first-order valence-electron chi connectivity index (χ1n) is 4.65. The van der Waals surface area contributed by atoms with E-state index in [4.69, 9.17) is 5.73 Å². The minimum Gasteiger partial charge on any atom is -0.370 e. The molecule has 1 heterocycles. The third-order valence-electron chi connectivity index (χ3n) is 1.56. The zero-order chi connectivity index (χ0) is 10.4. The first-order valence-corrected chi connectivity index (χ1v) is 4.65. The van der Waals surface area contributed by atoms with Gasteiger partial charge in [0.25, 0.3) is 0 Å². The van der Waals surface area contributed by atoms with Crippen LogP contribution in [0.15, 0.2) is 29.5 Å². The molecule has 4 heteroatoms. The molecular formula is C10H16N4. The number of hydrogen-bond donors (Lipinski definition) is 2. The number of pyridine rings is 1. The van der Waals surface area contributed by atoms with Gasteiger partial charge in [0.1, 0.15) is 0 Å². The van der Waals surface area contributed by atoms with E-state index in [1.165, 1.54) is 0 Å². The summed E-state index contributed by atoms with van der Waals surface area (Å²) in [6.45, 7) is 4.93. The Hall–Kier alpha value is -1.58. The first-order chi connectivity index (χ1) is 6.68. The quantitative estimate of drug-likeness (QED) is 0.563. The average molecular weight is 192 g/mol. The number of nitrogens with one attached hydrogen (secondary N) is 1. The van der Waals surface area contributed by atoms with Crippen molar-refractivity contribution < 1.29 is 0 Å². The number of hydrogen-bond acceptors (Lipinski definition) is 2. The predicted octanol–water partition coefficient (Wildman–Crippen LogP) is 1.46. The summed E-state index contributed by atoms with van der Waals surface area (Å²) >= 11 is 0. The summed E-state index contributed by atoms with van der Waals surface area (Å²) in [4.78, 5) is 8.13. The second-order valence-corrected chi connectivity index (χ2v) is 3.49. The lowest BCUT2D eigenvalue weighted by atomic mass is 10.2. The molecule has 0 bridgehead atoms. The molecule has 0 unspecified atom stereocenters. The van der Waals surface area contributed by atoms with Crippen molar-refractivity contribution in [2.75, 3.05) is 11.9 Å². The molecular weight excluding hydrogens is 176 g/mol. The van der Waals surface area contributed by atoms with Crippen molar-refractivity contribution in [2.24, 2.45) is 16.6 Å². The van der Waals surface area contributed by atoms with E-state index in [9.17, 15) is 0 Å². The lowest BCUT2D eigenvalue weighted by Crippen LogP contribution is -2.23. The van der Waals surface area contributed by atoms with Crippen LogP contribution in [0.2, 0.25) is 0 Å². The number of guanidine groups is 1. The summed E-state index contributed by atoms with van der Waals surface area (Å²) in [5.74, 6) is 0.955. The predicted molar refractivity (Wildman–Crippen MR) is 59.2 cm³/mol. The molecule has 0 radical (unpaired) electrons. The van der Waals surface area contributed by atoms with Gasteiger partial charge in [-0.2, -0.15) is 0 Å². The van der Waals surface area contributed by atoms with Crippen molar-refractivity contribution in [3.63, 3.8) is 0 Å². The molecule has 0 aromatic carbocycles. The monoisotopic (exact) mass is 192 g/mol. The van der Waals surface area contributed by atoms with Crippen molar-refractivity contribution in [2.45, 2.75) is 13.8 Å². The Labute approximate surface area is 84.3 Å². The largest absolute Gasteiger partial charge is 0.370 e. The van der Waals surface area contributed by atoms with Crippen LogP contribution >= 0.6 is 0 Å². The fourth-order valence-corrected chi connectivity index (χ4v) is 0.905. The number of aromatic nitrogens is 1. The van der Waals surface area contributed by atoms with E-state index in [-0.39, 0.29) is 0 Å². The Kier molecular flexibility index (Phi) is 3.91. The van der Waals surface area contributed by atoms with Crippen molar-refractivity contribution in [3.05, 3.63) is 24.5 Å². The molecule has 0 fully saturated rings. The first kappa shape index (κ1) is 10.5. The standard InChI is InChI=1S/C10H16N4/c1-8(2)6-13-10(11)14-9-4-3-5-12-7-9/h3-5,7-8H,6H2,1-2H3,(H3,11,13,14). The molecule has 0 aliphatic carbocycles. The molecule has 0 atom stereocenters. The zero-order valence-electron chi connectivity index (χ0n) is 8.57. The van der Waals surface area contributed by atoms with Crippen LogP contribution < -0.4 is 11.1 Å². The van der Waals surface area contributed by atoms with Gasteiger partial charge in [-0.25, -0.2) is 0 Å². The molecule has 0 saturated carbocycles. The van der Waals surface area contributed by atoms with Crippen LogP contribution in [0.1, 0.15) is 13.8 Å². The van der Waals surface area contributed by atoms with Gasteiger partial charge in [0.2, 0.25) is 0 Å². The number of aliphatic imine (C=N–C) groups is 1. The minimum atomic E-state index is 0.437. The van der Waals surface area contributed by atoms with E-state index in [2.05, 4.69) is 29.1 Å². The van der Waals surface area contributed by atoms with E-state index >= 15 is 0 Å². The van der Waals surface area contributed by atoms with E-state index in [0.29, 0.717) is 11.9 Å². The van der Waals surface area contributed by atoms with E-state index < -0.39 is 0 Å². The highest BCUT2D eigenvalue weighted by Crippen LogP contribution is 2.01. The third kappa shape index (κ3) is 3.89. The maximum Gasteiger partial charge on any atom is 0.193 e. The second kappa shape index (κ2) is 5.21. The highest BCUT2D eigenvalue weighted by molar-refractivity contribution is 5.91. The van der Waals surface area contributed by atoms with Crippen molar-refractivity contribution in [1.82, 2.24) is 4.98 Å². The normalized spacial score (nSPS) is 11.8. The molecule has 1 aromatic heterocycles. The van der Waals surface area contributed by atoms with Crippen molar-refractivity contribution in [3.8, 4) is 0 Å². The number of nitrogens with zero attached hydrogens (tertiary/aromatic N) is 2. The number of nitrogens with two attached hydrogens (primary N) is 1. The summed E-state index contributed by atoms with van der Waals surface area (Å²) in [7, 11) is 0. The molecule has 0 aliphatic rings. The molecule has 76 valence electrons. The van der Waals surface area contributed by atoms with Gasteiger partial charge < -0.3 is 11.1 Å². The van der Waals surface area contributed by atoms with Crippen LogP contribution in [0.3, 0.4) is 0 Å². The summed E-state index contributed by atoms with van der Waals surface area (Å²) in [5.41, 5.74) is 6.52. The van der Waals surface area contributed by atoms with Gasteiger partial charge in [-0.15, -0.1) is 0 Å². The van der Waals surface area contributed by atoms with Crippen LogP contribution in [0.25, 0.3) is 0 Å². The number of rotatable bonds is 3. The molecule has 3 N–H and O–H groups in total. The van der Waals surface area contributed by atoms with Crippen LogP contribution in [0.4, 0.5) is 5.69 Å². The number of anilines is 1. The Morgan fingerprint density at radius 2 is 2.43 bits per heavy atom. The fraction of sp³-hybridized carbons (Fsp3) is 0.400. The summed E-state index contributed by atoms with van der Waals surface area (Å²) in [5, 5.41) is 2.96. The second-order valence-electron chi connectivity index (χ2n) is 3.49. The maximum absolute atomic E-state index is 5.67. The molecule has 0 saturated heterocycles. The molecule has 1 aromatic rings. The zero-order valence-corrected chi connectivity index (χ0v) is 8.57. The van der Waals surface area contributed by atoms with Gasteiger partial charge in [0.05, 0.1) is 11.9 Å². The van der Waals surface area contributed by atoms with Gasteiger partial charge >= 0.3 is 0 Å². The summed E-state index contributed by atoms with van der Waals surface area (Å²) < 4.78 is 0. The summed E-state index contributed by atoms with van der Waals surface area (Å²) in [6, 6.07) is 3.74. The molecule has 1 rings (SSSR count). The average Bonchev–Trinajstić information content (AvgIpc) is 2.16. The van der Waals surface area contributed by atoms with Gasteiger partial charge in [0.15, 0.2) is 5.96 Å². The van der Waals surface area contributed by atoms with E-state index in [1.807, 2.05) is 12.1 Å². The topological polar surface area (TPSA) is 63.3 Å². The lowest BCUT2D eigenvalue weighted by molar-refractivity contribution is 0.665. The minimum absolute atomic E-state index is 0.437. The smallest absolute Gasteiger partial charge is 0.193 e. The Morgan fingerprint density at radius 3 is 3.00 bits per heavy atom. The Morgan fingerprint density at radius 1 is 1.64 bits per heavy atom. The highest BCUT2D eigenvalue weighted by atomic mass is 15.1. The van der Waals surface area contributed by atoms with Gasteiger partial charge in [-0.1, -0.05) is 13.8 Å². The van der Waals surface area contributed by atoms with Gasteiger partial charge in [0, 0.05) is 12.7 Å². The molecule has 14 heavy (non-hydrogen) atoms. The van der Waals surface area contributed by atoms with Crippen LogP contribution in [-0.4, -0.2) is 17.5 Å². The maximum atomic E-state index is 5.67. The van der Waals surface area contributed by atoms with E-state index in [0.717, 1.165) is 12.2 Å². The third-order valence-corrected chi connectivity index (χ3v) is 1.56. The molecule has 0 amide bonds. The molecule has 0 spiro atoms. The lowest BCUT2D eigenvalue weighted by Gasteiger charge is -2.05. The fourth-order valence-electron chi connectivity index (χ4n) is 0.905. The van der Waals surface area contributed by atoms with Gasteiger partial charge in [-0.3, -0.25) is 9.98 Å². The van der Waals surface area contributed by atoms with Gasteiger partial charge in [-0.05, 0) is 18.1 Å². The van der Waals surface area contributed by atoms with Crippen LogP contribution in [-0.2, 0) is 0 Å². The Balaban J connectivity index is 2.49. The molecule has 4 nitrogen and oxygen atoms in total. The van der Waals surface area contributed by atoms with E-state index in [1.54, 1.807) is 12.4 Å².